The van der Waals surface area contributed by atoms with E-state index in [9.17, 15) is 4.79 Å². The zero-order valence-electron chi connectivity index (χ0n) is 11.0. The fourth-order valence-corrected chi connectivity index (χ4v) is 1.85. The maximum atomic E-state index is 11.0. The first-order valence-corrected chi connectivity index (χ1v) is 5.89. The minimum absolute atomic E-state index is 0.0867. The Balaban J connectivity index is 3.86. The van der Waals surface area contributed by atoms with Crippen LogP contribution in [0.5, 0.6) is 0 Å². The van der Waals surface area contributed by atoms with Crippen molar-refractivity contribution in [3.63, 3.8) is 0 Å². The third-order valence-electron chi connectivity index (χ3n) is 2.67. The third-order valence-corrected chi connectivity index (χ3v) is 2.67. The number of hydrogen-bond acceptors (Lipinski definition) is 4. The van der Waals surface area contributed by atoms with Crippen molar-refractivity contribution in [2.45, 2.75) is 32.7 Å². The number of carbonyl (C=O) groups is 1. The molecular weight excluding hydrogens is 204 g/mol. The van der Waals surface area contributed by atoms with Crippen molar-refractivity contribution < 1.29 is 4.79 Å². The van der Waals surface area contributed by atoms with Crippen molar-refractivity contribution in [1.82, 2.24) is 15.2 Å². The van der Waals surface area contributed by atoms with Crippen LogP contribution in [0.2, 0.25) is 0 Å². The van der Waals surface area contributed by atoms with E-state index in [0.29, 0.717) is 12.5 Å². The van der Waals surface area contributed by atoms with Gasteiger partial charge in [0.05, 0.1) is 0 Å². The monoisotopic (exact) mass is 230 g/mol. The number of likely N-dealkylation sites (N-methyl/N-ethyl adjacent to an activating group) is 2. The second-order valence-electron chi connectivity index (χ2n) is 4.41. The van der Waals surface area contributed by atoms with Crippen LogP contribution in [0.1, 0.15) is 26.7 Å². The number of hydrazine groups is 1. The first kappa shape index (κ1) is 15.3. The molecule has 1 atom stereocenters. The first-order chi connectivity index (χ1) is 7.51. The highest BCUT2D eigenvalue weighted by Crippen LogP contribution is 2.02. The second kappa shape index (κ2) is 8.50. The Morgan fingerprint density at radius 3 is 2.50 bits per heavy atom. The molecule has 3 N–H and O–H groups in total. The van der Waals surface area contributed by atoms with E-state index < -0.39 is 0 Å². The van der Waals surface area contributed by atoms with Crippen LogP contribution >= 0.6 is 0 Å². The van der Waals surface area contributed by atoms with Gasteiger partial charge in [-0.2, -0.15) is 0 Å². The average molecular weight is 230 g/mol. The Labute approximate surface area is 98.9 Å². The van der Waals surface area contributed by atoms with E-state index >= 15 is 0 Å². The Bertz CT molecular complexity index is 196. The summed E-state index contributed by atoms with van der Waals surface area (Å²) in [6.45, 7) is 7.36. The molecule has 0 bridgehead atoms. The van der Waals surface area contributed by atoms with Gasteiger partial charge >= 0.3 is 0 Å². The Morgan fingerprint density at radius 2 is 2.06 bits per heavy atom. The van der Waals surface area contributed by atoms with E-state index in [2.05, 4.69) is 43.2 Å². The Kier molecular flexibility index (Phi) is 8.15. The van der Waals surface area contributed by atoms with Crippen LogP contribution in [-0.4, -0.2) is 55.5 Å². The molecule has 0 heterocycles. The molecule has 0 aliphatic carbocycles. The third kappa shape index (κ3) is 6.76. The molecule has 0 aliphatic heterocycles. The van der Waals surface area contributed by atoms with E-state index in [4.69, 9.17) is 5.84 Å². The highest BCUT2D eigenvalue weighted by molar-refractivity contribution is 5.75. The largest absolute Gasteiger partial charge is 0.308 e. The van der Waals surface area contributed by atoms with Gasteiger partial charge < -0.3 is 4.90 Å². The second-order valence-corrected chi connectivity index (χ2v) is 4.41. The van der Waals surface area contributed by atoms with Crippen LogP contribution in [0.3, 0.4) is 0 Å². The smallest absolute Gasteiger partial charge is 0.233 e. The van der Waals surface area contributed by atoms with Gasteiger partial charge in [-0.25, -0.2) is 5.84 Å². The molecule has 5 nitrogen and oxygen atoms in total. The van der Waals surface area contributed by atoms with Gasteiger partial charge in [0.25, 0.3) is 0 Å². The topological polar surface area (TPSA) is 61.6 Å². The lowest BCUT2D eigenvalue weighted by Crippen LogP contribution is -2.41. The van der Waals surface area contributed by atoms with Gasteiger partial charge in [0, 0.05) is 19.0 Å². The lowest BCUT2D eigenvalue weighted by atomic mass is 10.2. The van der Waals surface area contributed by atoms with Crippen LogP contribution in [0, 0.1) is 0 Å². The van der Waals surface area contributed by atoms with Crippen LogP contribution in [0.15, 0.2) is 0 Å². The number of nitrogens with zero attached hydrogens (tertiary/aromatic N) is 2. The zero-order chi connectivity index (χ0) is 12.6. The minimum atomic E-state index is -0.0867. The van der Waals surface area contributed by atoms with Crippen LogP contribution in [0.25, 0.3) is 0 Å². The molecule has 1 amide bonds. The number of amides is 1. The van der Waals surface area contributed by atoms with E-state index in [0.717, 1.165) is 26.1 Å². The van der Waals surface area contributed by atoms with Crippen LogP contribution < -0.4 is 11.3 Å². The van der Waals surface area contributed by atoms with E-state index in [-0.39, 0.29) is 5.91 Å². The molecule has 0 saturated carbocycles. The van der Waals surface area contributed by atoms with Crippen LogP contribution in [-0.2, 0) is 4.79 Å². The molecule has 0 aliphatic rings. The molecule has 0 aromatic carbocycles. The maximum Gasteiger partial charge on any atom is 0.233 e. The number of rotatable bonds is 8. The summed E-state index contributed by atoms with van der Waals surface area (Å²) in [6, 6.07) is 0.515. The SMILES string of the molecule is CCN(CCCC(=O)NN)C(C)CN(C)C. The lowest BCUT2D eigenvalue weighted by Gasteiger charge is -2.29. The van der Waals surface area contributed by atoms with Gasteiger partial charge in [-0.05, 0) is 40.5 Å². The van der Waals surface area contributed by atoms with E-state index in [1.165, 1.54) is 0 Å². The fraction of sp³-hybridized carbons (Fsp3) is 0.909. The fourth-order valence-electron chi connectivity index (χ4n) is 1.85. The summed E-state index contributed by atoms with van der Waals surface area (Å²) in [7, 11) is 4.15. The Hall–Kier alpha value is -0.650. The van der Waals surface area contributed by atoms with Gasteiger partial charge in [0.1, 0.15) is 0 Å². The van der Waals surface area contributed by atoms with E-state index in [1.807, 2.05) is 0 Å². The molecule has 5 heteroatoms. The van der Waals surface area contributed by atoms with Gasteiger partial charge in [-0.15, -0.1) is 0 Å². The number of carbonyl (C=O) groups excluding carboxylic acids is 1. The van der Waals surface area contributed by atoms with Gasteiger partial charge in [0.15, 0.2) is 0 Å². The molecular formula is C11H26N4O. The minimum Gasteiger partial charge on any atom is -0.308 e. The number of hydrogen-bond donors (Lipinski definition) is 2. The summed E-state index contributed by atoms with van der Waals surface area (Å²) in [4.78, 5) is 15.5. The highest BCUT2D eigenvalue weighted by Gasteiger charge is 2.12. The zero-order valence-corrected chi connectivity index (χ0v) is 11.0. The molecule has 1 unspecified atom stereocenters. The summed E-state index contributed by atoms with van der Waals surface area (Å²) in [5.41, 5.74) is 2.15. The molecule has 0 radical (unpaired) electrons. The predicted molar refractivity (Wildman–Crippen MR) is 66.8 cm³/mol. The molecule has 96 valence electrons. The van der Waals surface area contributed by atoms with Gasteiger partial charge in [-0.1, -0.05) is 6.92 Å². The normalized spacial score (nSPS) is 13.2. The predicted octanol–water partition coefficient (Wildman–Crippen LogP) is 0.0285. The molecule has 0 rings (SSSR count). The standard InChI is InChI=1S/C11H26N4O/c1-5-15(10(2)9-14(3)4)8-6-7-11(16)13-12/h10H,5-9,12H2,1-4H3,(H,13,16). The van der Waals surface area contributed by atoms with Crippen molar-refractivity contribution in [1.29, 1.82) is 0 Å². The summed E-state index contributed by atoms with van der Waals surface area (Å²) in [6.07, 6.45) is 1.36. The van der Waals surface area contributed by atoms with Crippen molar-refractivity contribution in [2.24, 2.45) is 5.84 Å². The summed E-state index contributed by atoms with van der Waals surface area (Å²) in [5.74, 6) is 4.94. The Morgan fingerprint density at radius 1 is 1.44 bits per heavy atom. The van der Waals surface area contributed by atoms with Crippen LogP contribution in [0.4, 0.5) is 0 Å². The van der Waals surface area contributed by atoms with Crippen molar-refractivity contribution in [3.05, 3.63) is 0 Å². The van der Waals surface area contributed by atoms with Crippen molar-refractivity contribution >= 4 is 5.91 Å². The van der Waals surface area contributed by atoms with Crippen molar-refractivity contribution in [3.8, 4) is 0 Å². The highest BCUT2D eigenvalue weighted by atomic mass is 16.2. The van der Waals surface area contributed by atoms with Crippen molar-refractivity contribution in [2.75, 3.05) is 33.7 Å². The summed E-state index contributed by atoms with van der Waals surface area (Å²) >= 11 is 0. The summed E-state index contributed by atoms with van der Waals surface area (Å²) in [5, 5.41) is 0. The maximum absolute atomic E-state index is 11.0. The summed E-state index contributed by atoms with van der Waals surface area (Å²) < 4.78 is 0. The molecule has 0 aromatic heterocycles. The molecule has 0 spiro atoms. The lowest BCUT2D eigenvalue weighted by molar-refractivity contribution is -0.121. The molecule has 16 heavy (non-hydrogen) atoms. The van der Waals surface area contributed by atoms with Gasteiger partial charge in [0.2, 0.25) is 5.91 Å². The number of nitrogens with one attached hydrogen (secondary N) is 1. The molecule has 0 saturated heterocycles. The average Bonchev–Trinajstić information content (AvgIpc) is 2.22. The van der Waals surface area contributed by atoms with Gasteiger partial charge in [-0.3, -0.25) is 15.1 Å². The van der Waals surface area contributed by atoms with E-state index in [1.54, 1.807) is 0 Å². The molecule has 0 fully saturated rings. The number of nitrogens with two attached hydrogens (primary N) is 1. The quantitative estimate of drug-likeness (QED) is 0.351. The first-order valence-electron chi connectivity index (χ1n) is 5.89. The molecule has 0 aromatic rings.